The fourth-order valence-corrected chi connectivity index (χ4v) is 2.72. The van der Waals surface area contributed by atoms with Crippen LogP contribution in [0.3, 0.4) is 0 Å². The highest BCUT2D eigenvalue weighted by atomic mass is 16.6. The summed E-state index contributed by atoms with van der Waals surface area (Å²) in [6, 6.07) is 0.207. The summed E-state index contributed by atoms with van der Waals surface area (Å²) in [7, 11) is 0. The van der Waals surface area contributed by atoms with Crippen LogP contribution in [0.4, 0.5) is 4.79 Å². The maximum Gasteiger partial charge on any atom is 0.410 e. The first-order valence-corrected chi connectivity index (χ1v) is 6.53. The van der Waals surface area contributed by atoms with Crippen molar-refractivity contribution in [1.29, 1.82) is 0 Å². The second-order valence-electron chi connectivity index (χ2n) is 6.19. The van der Waals surface area contributed by atoms with Gasteiger partial charge in [-0.1, -0.05) is 0 Å². The molecule has 1 amide bonds. The van der Waals surface area contributed by atoms with E-state index in [1.54, 1.807) is 4.90 Å². The molecule has 18 heavy (non-hydrogen) atoms. The molecule has 0 spiro atoms. The molecule has 5 nitrogen and oxygen atoms in total. The predicted molar refractivity (Wildman–Crippen MR) is 67.4 cm³/mol. The van der Waals surface area contributed by atoms with Crippen molar-refractivity contribution in [2.75, 3.05) is 19.6 Å². The van der Waals surface area contributed by atoms with Crippen LogP contribution in [-0.2, 0) is 9.53 Å². The van der Waals surface area contributed by atoms with Crippen molar-refractivity contribution in [2.45, 2.75) is 51.8 Å². The van der Waals surface area contributed by atoms with E-state index in [9.17, 15) is 9.59 Å². The Morgan fingerprint density at radius 2 is 2.00 bits per heavy atom. The van der Waals surface area contributed by atoms with Crippen LogP contribution in [0.25, 0.3) is 0 Å². The molecule has 102 valence electrons. The number of carbonyl (C=O) groups excluding carboxylic acids is 2. The summed E-state index contributed by atoms with van der Waals surface area (Å²) >= 11 is 0. The maximum atomic E-state index is 12.1. The Balaban J connectivity index is 2.03. The van der Waals surface area contributed by atoms with Crippen LogP contribution in [0.2, 0.25) is 0 Å². The number of nitrogens with zero attached hydrogens (tertiary/aromatic N) is 2. The Morgan fingerprint density at radius 3 is 2.61 bits per heavy atom. The monoisotopic (exact) mass is 254 g/mol. The molecule has 2 unspecified atom stereocenters. The number of hydrogen-bond acceptors (Lipinski definition) is 4. The Kier molecular flexibility index (Phi) is 3.36. The number of fused-ring (bicyclic) bond motifs is 1. The second-order valence-corrected chi connectivity index (χ2v) is 6.19. The smallest absolute Gasteiger partial charge is 0.410 e. The van der Waals surface area contributed by atoms with Gasteiger partial charge in [-0.3, -0.25) is 9.69 Å². The molecule has 2 fully saturated rings. The number of ketones is 1. The highest BCUT2D eigenvalue weighted by Crippen LogP contribution is 2.26. The van der Waals surface area contributed by atoms with E-state index in [0.717, 1.165) is 6.54 Å². The average molecular weight is 254 g/mol. The molecule has 0 saturated carbocycles. The summed E-state index contributed by atoms with van der Waals surface area (Å²) in [6.07, 6.45) is 0.287. The summed E-state index contributed by atoms with van der Waals surface area (Å²) in [5.41, 5.74) is -0.473. The van der Waals surface area contributed by atoms with Gasteiger partial charge in [0.15, 0.2) is 0 Å². The van der Waals surface area contributed by atoms with E-state index in [-0.39, 0.29) is 24.0 Å². The third-order valence-corrected chi connectivity index (χ3v) is 3.59. The number of piperazine rings is 1. The zero-order valence-corrected chi connectivity index (χ0v) is 11.6. The third-order valence-electron chi connectivity index (χ3n) is 3.59. The van der Waals surface area contributed by atoms with Gasteiger partial charge in [0.2, 0.25) is 0 Å². The molecule has 2 rings (SSSR count). The van der Waals surface area contributed by atoms with E-state index in [4.69, 9.17) is 4.74 Å². The normalized spacial score (nSPS) is 29.3. The minimum Gasteiger partial charge on any atom is -0.444 e. The van der Waals surface area contributed by atoms with Gasteiger partial charge in [-0.15, -0.1) is 0 Å². The summed E-state index contributed by atoms with van der Waals surface area (Å²) in [4.78, 5) is 27.5. The number of rotatable bonds is 0. The van der Waals surface area contributed by atoms with Crippen molar-refractivity contribution in [3.8, 4) is 0 Å². The molecule has 2 aliphatic rings. The van der Waals surface area contributed by atoms with Gasteiger partial charge in [0.1, 0.15) is 11.4 Å². The molecule has 0 radical (unpaired) electrons. The maximum absolute atomic E-state index is 12.1. The molecule has 0 aromatic carbocycles. The second kappa shape index (κ2) is 4.53. The summed E-state index contributed by atoms with van der Waals surface area (Å²) in [6.45, 7) is 9.54. The Bertz CT molecular complexity index is 362. The molecule has 0 aromatic heterocycles. The minimum atomic E-state index is -0.473. The predicted octanol–water partition coefficient (Wildman–Crippen LogP) is 1.27. The highest BCUT2D eigenvalue weighted by molar-refractivity contribution is 5.83. The van der Waals surface area contributed by atoms with Crippen molar-refractivity contribution < 1.29 is 14.3 Å². The minimum absolute atomic E-state index is 0.0417. The van der Waals surface area contributed by atoms with Gasteiger partial charge in [-0.05, 0) is 27.7 Å². The molecular weight excluding hydrogens is 232 g/mol. The van der Waals surface area contributed by atoms with E-state index in [0.29, 0.717) is 19.5 Å². The topological polar surface area (TPSA) is 49.9 Å². The van der Waals surface area contributed by atoms with Crippen LogP contribution >= 0.6 is 0 Å². The SMILES string of the molecule is CC1C2CC(=O)CN2CCN1C(=O)OC(C)(C)C. The molecule has 2 saturated heterocycles. The van der Waals surface area contributed by atoms with Crippen molar-refractivity contribution >= 4 is 11.9 Å². The molecule has 0 bridgehead atoms. The zero-order chi connectivity index (χ0) is 13.5. The fourth-order valence-electron chi connectivity index (χ4n) is 2.72. The van der Waals surface area contributed by atoms with Crippen LogP contribution in [-0.4, -0.2) is 59.0 Å². The lowest BCUT2D eigenvalue weighted by Crippen LogP contribution is -2.58. The molecule has 2 heterocycles. The first-order chi connectivity index (χ1) is 8.28. The standard InChI is InChI=1S/C13H22N2O3/c1-9-11-7-10(16)8-14(11)5-6-15(9)12(17)18-13(2,3)4/h9,11H,5-8H2,1-4H3. The van der Waals surface area contributed by atoms with Crippen molar-refractivity contribution in [1.82, 2.24) is 9.80 Å². The number of amides is 1. The van der Waals surface area contributed by atoms with E-state index in [1.165, 1.54) is 0 Å². The first-order valence-electron chi connectivity index (χ1n) is 6.53. The quantitative estimate of drug-likeness (QED) is 0.653. The lowest BCUT2D eigenvalue weighted by molar-refractivity contribution is -0.116. The number of hydrogen-bond donors (Lipinski definition) is 0. The zero-order valence-electron chi connectivity index (χ0n) is 11.6. The van der Waals surface area contributed by atoms with Gasteiger partial charge < -0.3 is 9.64 Å². The molecule has 0 aromatic rings. The largest absolute Gasteiger partial charge is 0.444 e. The first kappa shape index (κ1) is 13.3. The van der Waals surface area contributed by atoms with Crippen LogP contribution in [0.15, 0.2) is 0 Å². The van der Waals surface area contributed by atoms with E-state index >= 15 is 0 Å². The molecule has 2 aliphatic heterocycles. The van der Waals surface area contributed by atoms with Gasteiger partial charge >= 0.3 is 6.09 Å². The van der Waals surface area contributed by atoms with Gasteiger partial charge in [0, 0.05) is 31.6 Å². The lowest BCUT2D eigenvalue weighted by Gasteiger charge is -2.42. The van der Waals surface area contributed by atoms with Gasteiger partial charge in [-0.25, -0.2) is 4.79 Å². The molecule has 2 atom stereocenters. The van der Waals surface area contributed by atoms with Crippen molar-refractivity contribution in [3.63, 3.8) is 0 Å². The average Bonchev–Trinajstić information content (AvgIpc) is 2.57. The molecular formula is C13H22N2O3. The van der Waals surface area contributed by atoms with E-state index in [1.807, 2.05) is 27.7 Å². The van der Waals surface area contributed by atoms with E-state index < -0.39 is 5.60 Å². The molecule has 5 heteroatoms. The van der Waals surface area contributed by atoms with Gasteiger partial charge in [0.25, 0.3) is 0 Å². The Labute approximate surface area is 108 Å². The fraction of sp³-hybridized carbons (Fsp3) is 0.846. The van der Waals surface area contributed by atoms with Gasteiger partial charge in [0.05, 0.1) is 6.54 Å². The van der Waals surface area contributed by atoms with Crippen LogP contribution in [0.5, 0.6) is 0 Å². The number of carbonyl (C=O) groups is 2. The third kappa shape index (κ3) is 2.66. The number of Topliss-reactive ketones (excluding diaryl/α,β-unsaturated/α-hetero) is 1. The lowest BCUT2D eigenvalue weighted by atomic mass is 10.0. The summed E-state index contributed by atoms with van der Waals surface area (Å²) in [5.74, 6) is 0.276. The molecule has 0 N–H and O–H groups in total. The summed E-state index contributed by atoms with van der Waals surface area (Å²) in [5, 5.41) is 0. The Morgan fingerprint density at radius 1 is 1.33 bits per heavy atom. The van der Waals surface area contributed by atoms with Crippen LogP contribution < -0.4 is 0 Å². The highest BCUT2D eigenvalue weighted by Gasteiger charge is 2.42. The molecule has 0 aliphatic carbocycles. The van der Waals surface area contributed by atoms with Gasteiger partial charge in [-0.2, -0.15) is 0 Å². The number of ether oxygens (including phenoxy) is 1. The summed E-state index contributed by atoms with van der Waals surface area (Å²) < 4.78 is 5.41. The van der Waals surface area contributed by atoms with Crippen molar-refractivity contribution in [2.24, 2.45) is 0 Å². The van der Waals surface area contributed by atoms with Crippen LogP contribution in [0, 0.1) is 0 Å². The van der Waals surface area contributed by atoms with Crippen LogP contribution in [0.1, 0.15) is 34.1 Å². The van der Waals surface area contributed by atoms with E-state index in [2.05, 4.69) is 4.90 Å². The Hall–Kier alpha value is -1.10. The van der Waals surface area contributed by atoms with Crippen molar-refractivity contribution in [3.05, 3.63) is 0 Å².